The molecule has 2 aliphatic rings. The second kappa shape index (κ2) is 7.85. The molecule has 2 atom stereocenters. The number of piperidine rings is 1. The van der Waals surface area contributed by atoms with Crippen molar-refractivity contribution >= 4 is 5.91 Å². The summed E-state index contributed by atoms with van der Waals surface area (Å²) in [4.78, 5) is 11.9. The van der Waals surface area contributed by atoms with E-state index in [0.29, 0.717) is 12.6 Å². The van der Waals surface area contributed by atoms with Crippen LogP contribution in [-0.4, -0.2) is 37.7 Å². The first-order valence-corrected chi connectivity index (χ1v) is 7.88. The van der Waals surface area contributed by atoms with Gasteiger partial charge in [-0.25, -0.2) is 0 Å². The Balaban J connectivity index is 1.57. The molecule has 1 saturated carbocycles. The van der Waals surface area contributed by atoms with Gasteiger partial charge in [0, 0.05) is 12.6 Å². The maximum absolute atomic E-state index is 11.9. The number of carbonyl (C=O) groups is 1. The predicted molar refractivity (Wildman–Crippen MR) is 76.0 cm³/mol. The molecule has 2 unspecified atom stereocenters. The Morgan fingerprint density at radius 2 is 2.11 bits per heavy atom. The molecule has 1 heterocycles. The molecule has 0 spiro atoms. The van der Waals surface area contributed by atoms with E-state index in [0.717, 1.165) is 38.3 Å². The van der Waals surface area contributed by atoms with E-state index < -0.39 is 0 Å². The molecule has 1 aliphatic heterocycles. The van der Waals surface area contributed by atoms with Gasteiger partial charge in [0.25, 0.3) is 0 Å². The Morgan fingerprint density at radius 1 is 1.32 bits per heavy atom. The maximum atomic E-state index is 11.9. The molecule has 2 fully saturated rings. The highest BCUT2D eigenvalue weighted by Crippen LogP contribution is 2.18. The number of nitrogens with one attached hydrogen (secondary N) is 2. The van der Waals surface area contributed by atoms with Gasteiger partial charge in [-0.05, 0) is 58.0 Å². The minimum absolute atomic E-state index is 0.0636. The second-order valence-electron chi connectivity index (χ2n) is 6.00. The van der Waals surface area contributed by atoms with Gasteiger partial charge in [0.1, 0.15) is 6.10 Å². The molecule has 0 aromatic carbocycles. The Morgan fingerprint density at radius 3 is 2.79 bits per heavy atom. The van der Waals surface area contributed by atoms with Crippen LogP contribution in [0.4, 0.5) is 0 Å². The molecule has 0 aromatic rings. The summed E-state index contributed by atoms with van der Waals surface area (Å²) in [5.41, 5.74) is 0. The minimum atomic E-state index is -0.308. The van der Waals surface area contributed by atoms with E-state index in [9.17, 15) is 4.79 Å². The molecule has 110 valence electrons. The van der Waals surface area contributed by atoms with Crippen molar-refractivity contribution in [3.05, 3.63) is 0 Å². The number of hydrogen-bond donors (Lipinski definition) is 2. The fraction of sp³-hybridized carbons (Fsp3) is 0.933. The van der Waals surface area contributed by atoms with Gasteiger partial charge in [-0.3, -0.25) is 4.79 Å². The Kier molecular flexibility index (Phi) is 6.11. The Bertz CT molecular complexity index is 271. The molecule has 4 heteroatoms. The van der Waals surface area contributed by atoms with Crippen molar-refractivity contribution in [1.29, 1.82) is 0 Å². The summed E-state index contributed by atoms with van der Waals surface area (Å²) in [7, 11) is 0. The summed E-state index contributed by atoms with van der Waals surface area (Å²) < 4.78 is 5.68. The topological polar surface area (TPSA) is 50.4 Å². The number of amides is 1. The molecule has 19 heavy (non-hydrogen) atoms. The van der Waals surface area contributed by atoms with E-state index in [1.165, 1.54) is 25.7 Å². The van der Waals surface area contributed by atoms with Crippen LogP contribution < -0.4 is 10.6 Å². The predicted octanol–water partition coefficient (Wildman–Crippen LogP) is 1.84. The van der Waals surface area contributed by atoms with E-state index in [1.807, 2.05) is 6.92 Å². The van der Waals surface area contributed by atoms with Gasteiger partial charge in [-0.15, -0.1) is 0 Å². The average molecular weight is 268 g/mol. The number of hydrogen-bond acceptors (Lipinski definition) is 3. The van der Waals surface area contributed by atoms with Crippen molar-refractivity contribution < 1.29 is 9.53 Å². The first-order chi connectivity index (χ1) is 9.25. The van der Waals surface area contributed by atoms with Gasteiger partial charge >= 0.3 is 0 Å². The third kappa shape index (κ3) is 5.11. The van der Waals surface area contributed by atoms with Crippen molar-refractivity contribution in [3.63, 3.8) is 0 Å². The van der Waals surface area contributed by atoms with Crippen LogP contribution in [0.1, 0.15) is 51.9 Å². The van der Waals surface area contributed by atoms with Crippen molar-refractivity contribution in [2.75, 3.05) is 19.7 Å². The fourth-order valence-electron chi connectivity index (χ4n) is 3.05. The summed E-state index contributed by atoms with van der Waals surface area (Å²) in [6, 6.07) is 0.390. The van der Waals surface area contributed by atoms with Crippen LogP contribution in [-0.2, 0) is 9.53 Å². The lowest BCUT2D eigenvalue weighted by molar-refractivity contribution is -0.132. The van der Waals surface area contributed by atoms with Gasteiger partial charge in [0.2, 0.25) is 5.91 Å². The zero-order chi connectivity index (χ0) is 13.5. The smallest absolute Gasteiger partial charge is 0.249 e. The third-order valence-corrected chi connectivity index (χ3v) is 4.36. The van der Waals surface area contributed by atoms with E-state index in [2.05, 4.69) is 10.6 Å². The van der Waals surface area contributed by atoms with Gasteiger partial charge in [0.15, 0.2) is 0 Å². The van der Waals surface area contributed by atoms with Gasteiger partial charge in [0.05, 0.1) is 0 Å². The molecule has 1 saturated heterocycles. The molecule has 1 aliphatic carbocycles. The third-order valence-electron chi connectivity index (χ3n) is 4.36. The summed E-state index contributed by atoms with van der Waals surface area (Å²) in [6.45, 7) is 4.82. The van der Waals surface area contributed by atoms with E-state index >= 15 is 0 Å². The van der Waals surface area contributed by atoms with Crippen molar-refractivity contribution in [2.45, 2.75) is 64.0 Å². The molecule has 0 radical (unpaired) electrons. The molecule has 0 aromatic heterocycles. The van der Waals surface area contributed by atoms with Crippen molar-refractivity contribution in [3.8, 4) is 0 Å². The van der Waals surface area contributed by atoms with Crippen LogP contribution in [0.15, 0.2) is 0 Å². The van der Waals surface area contributed by atoms with Crippen LogP contribution in [0.5, 0.6) is 0 Å². The molecule has 2 rings (SSSR count). The number of carbonyl (C=O) groups excluding carboxylic acids is 1. The average Bonchev–Trinajstić information content (AvgIpc) is 2.92. The molecule has 1 amide bonds. The zero-order valence-electron chi connectivity index (χ0n) is 12.1. The second-order valence-corrected chi connectivity index (χ2v) is 6.00. The van der Waals surface area contributed by atoms with Crippen molar-refractivity contribution in [2.24, 2.45) is 5.92 Å². The van der Waals surface area contributed by atoms with Gasteiger partial charge < -0.3 is 15.4 Å². The fourth-order valence-corrected chi connectivity index (χ4v) is 3.05. The Labute approximate surface area is 116 Å². The van der Waals surface area contributed by atoms with Gasteiger partial charge in [-0.1, -0.05) is 12.8 Å². The quantitative estimate of drug-likeness (QED) is 0.773. The summed E-state index contributed by atoms with van der Waals surface area (Å²) in [5.74, 6) is 0.785. The lowest BCUT2D eigenvalue weighted by Crippen LogP contribution is -2.40. The highest BCUT2D eigenvalue weighted by Gasteiger charge is 2.21. The highest BCUT2D eigenvalue weighted by molar-refractivity contribution is 5.80. The SMILES string of the molecule is CC(OCCC1CCCNC1)C(=O)NC1CCCC1. The van der Waals surface area contributed by atoms with E-state index in [1.54, 1.807) is 0 Å². The van der Waals surface area contributed by atoms with Gasteiger partial charge in [-0.2, -0.15) is 0 Å². The first kappa shape index (κ1) is 14.8. The normalized spacial score (nSPS) is 26.3. The monoisotopic (exact) mass is 268 g/mol. The van der Waals surface area contributed by atoms with Crippen LogP contribution in [0, 0.1) is 5.92 Å². The molecular weight excluding hydrogens is 240 g/mol. The lowest BCUT2D eigenvalue weighted by Gasteiger charge is -2.23. The minimum Gasteiger partial charge on any atom is -0.369 e. The summed E-state index contributed by atoms with van der Waals surface area (Å²) >= 11 is 0. The molecule has 2 N–H and O–H groups in total. The van der Waals surface area contributed by atoms with E-state index in [4.69, 9.17) is 4.74 Å². The standard InChI is InChI=1S/C15H28N2O2/c1-12(15(18)17-14-6-2-3-7-14)19-10-8-13-5-4-9-16-11-13/h12-14,16H,2-11H2,1H3,(H,17,18). The highest BCUT2D eigenvalue weighted by atomic mass is 16.5. The number of ether oxygens (including phenoxy) is 1. The Hall–Kier alpha value is -0.610. The first-order valence-electron chi connectivity index (χ1n) is 7.88. The molecule has 0 bridgehead atoms. The van der Waals surface area contributed by atoms with Crippen LogP contribution in [0.2, 0.25) is 0 Å². The number of rotatable bonds is 6. The van der Waals surface area contributed by atoms with E-state index in [-0.39, 0.29) is 12.0 Å². The molecule has 4 nitrogen and oxygen atoms in total. The van der Waals surface area contributed by atoms with Crippen molar-refractivity contribution in [1.82, 2.24) is 10.6 Å². The zero-order valence-corrected chi connectivity index (χ0v) is 12.1. The lowest BCUT2D eigenvalue weighted by atomic mass is 9.97. The maximum Gasteiger partial charge on any atom is 0.249 e. The largest absolute Gasteiger partial charge is 0.369 e. The van der Waals surface area contributed by atoms with Crippen LogP contribution in [0.25, 0.3) is 0 Å². The summed E-state index contributed by atoms with van der Waals surface area (Å²) in [6.07, 6.45) is 8.06. The van der Waals surface area contributed by atoms with Crippen LogP contribution in [0.3, 0.4) is 0 Å². The van der Waals surface area contributed by atoms with Crippen LogP contribution >= 0.6 is 0 Å². The molecular formula is C15H28N2O2. The summed E-state index contributed by atoms with van der Waals surface area (Å²) in [5, 5.41) is 6.50.